The zero-order chi connectivity index (χ0) is 18.8. The van der Waals surface area contributed by atoms with Crippen LogP contribution in [0.5, 0.6) is 0 Å². The minimum atomic E-state index is -2.14. The summed E-state index contributed by atoms with van der Waals surface area (Å²) in [5, 5.41) is 2.77. The van der Waals surface area contributed by atoms with Crippen LogP contribution in [0.1, 0.15) is 58.8 Å². The van der Waals surface area contributed by atoms with Gasteiger partial charge < -0.3 is 0 Å². The van der Waals surface area contributed by atoms with Crippen molar-refractivity contribution >= 4 is 24.2 Å². The van der Waals surface area contributed by atoms with Gasteiger partial charge >= 0.3 is 0 Å². The van der Waals surface area contributed by atoms with Gasteiger partial charge in [-0.25, -0.2) is 0 Å². The molecule has 0 radical (unpaired) electrons. The van der Waals surface area contributed by atoms with Crippen LogP contribution in [0.15, 0.2) is 60.7 Å². The molecule has 2 aromatic carbocycles. The van der Waals surface area contributed by atoms with E-state index in [9.17, 15) is 4.79 Å². The van der Waals surface area contributed by atoms with Crippen molar-refractivity contribution in [1.82, 2.24) is 0 Å². The Bertz CT molecular complexity index is 611. The molecular formula is C24H34OSi. The van der Waals surface area contributed by atoms with Crippen molar-refractivity contribution in [2.75, 3.05) is 0 Å². The SMILES string of the molecule is CCCCCCC(C(=O)CCC)[Si](C)(c1ccccc1)c1ccccc1. The summed E-state index contributed by atoms with van der Waals surface area (Å²) in [5.74, 6) is 0.478. The van der Waals surface area contributed by atoms with E-state index in [0.717, 1.165) is 19.3 Å². The van der Waals surface area contributed by atoms with Gasteiger partial charge in [0.05, 0.1) is 0 Å². The smallest absolute Gasteiger partial charge is 0.134 e. The molecule has 0 aliphatic rings. The van der Waals surface area contributed by atoms with Gasteiger partial charge in [0.25, 0.3) is 0 Å². The molecule has 0 fully saturated rings. The Kier molecular flexibility index (Phi) is 8.31. The van der Waals surface area contributed by atoms with E-state index in [2.05, 4.69) is 81.1 Å². The molecule has 0 saturated carbocycles. The second-order valence-electron chi connectivity index (χ2n) is 7.55. The van der Waals surface area contributed by atoms with Gasteiger partial charge in [-0.15, -0.1) is 0 Å². The molecule has 2 aromatic rings. The molecular weight excluding hydrogens is 332 g/mol. The summed E-state index contributed by atoms with van der Waals surface area (Å²) in [6.07, 6.45) is 7.59. The predicted molar refractivity (Wildman–Crippen MR) is 116 cm³/mol. The average Bonchev–Trinajstić information content (AvgIpc) is 2.69. The minimum Gasteiger partial charge on any atom is -0.300 e. The number of carbonyl (C=O) groups is 1. The zero-order valence-electron chi connectivity index (χ0n) is 16.7. The van der Waals surface area contributed by atoms with Crippen molar-refractivity contribution in [2.45, 2.75) is 70.9 Å². The molecule has 0 aliphatic carbocycles. The maximum Gasteiger partial charge on any atom is 0.134 e. The molecule has 0 heterocycles. The molecule has 26 heavy (non-hydrogen) atoms. The summed E-state index contributed by atoms with van der Waals surface area (Å²) in [6, 6.07) is 21.7. The first-order chi connectivity index (χ1) is 12.6. The summed E-state index contributed by atoms with van der Waals surface area (Å²) in [5.41, 5.74) is 0.170. The Morgan fingerprint density at radius 3 is 1.81 bits per heavy atom. The molecule has 0 aliphatic heterocycles. The van der Waals surface area contributed by atoms with E-state index >= 15 is 0 Å². The van der Waals surface area contributed by atoms with Crippen LogP contribution in [-0.4, -0.2) is 13.9 Å². The number of carbonyl (C=O) groups excluding carboxylic acids is 1. The topological polar surface area (TPSA) is 17.1 Å². The molecule has 2 heteroatoms. The average molecular weight is 367 g/mol. The number of hydrogen-bond donors (Lipinski definition) is 0. The van der Waals surface area contributed by atoms with Gasteiger partial charge in [0, 0.05) is 12.0 Å². The molecule has 0 spiro atoms. The van der Waals surface area contributed by atoms with Gasteiger partial charge in [0.15, 0.2) is 0 Å². The molecule has 0 bridgehead atoms. The molecule has 0 saturated heterocycles. The minimum absolute atomic E-state index is 0.170. The van der Waals surface area contributed by atoms with Gasteiger partial charge in [-0.1, -0.05) is 117 Å². The highest BCUT2D eigenvalue weighted by molar-refractivity contribution is 7.04. The van der Waals surface area contributed by atoms with Gasteiger partial charge in [-0.2, -0.15) is 0 Å². The van der Waals surface area contributed by atoms with E-state index < -0.39 is 8.07 Å². The van der Waals surface area contributed by atoms with E-state index in [0.29, 0.717) is 12.2 Å². The van der Waals surface area contributed by atoms with Crippen LogP contribution in [0.2, 0.25) is 12.1 Å². The van der Waals surface area contributed by atoms with Crippen molar-refractivity contribution in [3.05, 3.63) is 60.7 Å². The van der Waals surface area contributed by atoms with Crippen LogP contribution in [-0.2, 0) is 4.79 Å². The van der Waals surface area contributed by atoms with Gasteiger partial charge in [0.2, 0.25) is 0 Å². The Balaban J connectivity index is 2.45. The summed E-state index contributed by atoms with van der Waals surface area (Å²) in [6.45, 7) is 6.78. The standard InChI is InChI=1S/C24H34OSi/c1-4-6-7-14-20-24(23(25)15-5-2)26(3,21-16-10-8-11-17-21)22-18-12-9-13-19-22/h8-13,16-19,24H,4-7,14-15,20H2,1-3H3. The number of ketones is 1. The van der Waals surface area contributed by atoms with Crippen molar-refractivity contribution in [1.29, 1.82) is 0 Å². The number of unbranched alkanes of at least 4 members (excludes halogenated alkanes) is 3. The van der Waals surface area contributed by atoms with Crippen LogP contribution in [0.4, 0.5) is 0 Å². The molecule has 1 nitrogen and oxygen atoms in total. The second kappa shape index (κ2) is 10.5. The van der Waals surface area contributed by atoms with E-state index in [1.165, 1.54) is 29.6 Å². The molecule has 1 atom stereocenters. The quantitative estimate of drug-likeness (QED) is 0.374. The summed E-state index contributed by atoms with van der Waals surface area (Å²) in [4.78, 5) is 13.2. The lowest BCUT2D eigenvalue weighted by Gasteiger charge is -2.36. The van der Waals surface area contributed by atoms with Crippen molar-refractivity contribution < 1.29 is 4.79 Å². The Hall–Kier alpha value is -1.67. The highest BCUT2D eigenvalue weighted by Crippen LogP contribution is 2.31. The molecule has 0 aromatic heterocycles. The molecule has 2 rings (SSSR count). The number of benzene rings is 2. The summed E-state index contributed by atoms with van der Waals surface area (Å²) < 4.78 is 0. The van der Waals surface area contributed by atoms with E-state index in [4.69, 9.17) is 0 Å². The third-order valence-electron chi connectivity index (χ3n) is 5.68. The third-order valence-corrected chi connectivity index (χ3v) is 10.7. The lowest BCUT2D eigenvalue weighted by atomic mass is 10.1. The van der Waals surface area contributed by atoms with Crippen molar-refractivity contribution in [2.24, 2.45) is 0 Å². The summed E-state index contributed by atoms with van der Waals surface area (Å²) in [7, 11) is -2.14. The molecule has 140 valence electrons. The van der Waals surface area contributed by atoms with Crippen LogP contribution in [0.25, 0.3) is 0 Å². The first-order valence-electron chi connectivity index (χ1n) is 10.3. The van der Waals surface area contributed by atoms with Gasteiger partial charge in [0.1, 0.15) is 13.9 Å². The monoisotopic (exact) mass is 366 g/mol. The third kappa shape index (κ3) is 4.94. The van der Waals surface area contributed by atoms with Crippen molar-refractivity contribution in [3.8, 4) is 0 Å². The lowest BCUT2D eigenvalue weighted by molar-refractivity contribution is -0.119. The first-order valence-corrected chi connectivity index (χ1v) is 12.9. The van der Waals surface area contributed by atoms with Gasteiger partial charge in [-0.3, -0.25) is 4.79 Å². The molecule has 1 unspecified atom stereocenters. The molecule has 0 amide bonds. The largest absolute Gasteiger partial charge is 0.300 e. The van der Waals surface area contributed by atoms with Crippen LogP contribution in [0, 0.1) is 0 Å². The Morgan fingerprint density at radius 1 is 0.808 bits per heavy atom. The van der Waals surface area contributed by atoms with Crippen LogP contribution >= 0.6 is 0 Å². The highest BCUT2D eigenvalue weighted by atomic mass is 28.3. The van der Waals surface area contributed by atoms with E-state index in [-0.39, 0.29) is 5.54 Å². The van der Waals surface area contributed by atoms with E-state index in [1.807, 2.05) is 0 Å². The Labute approximate surface area is 160 Å². The fourth-order valence-electron chi connectivity index (χ4n) is 4.11. The predicted octanol–water partition coefficient (Wildman–Crippen LogP) is 5.59. The normalized spacial score (nSPS) is 12.7. The van der Waals surface area contributed by atoms with Crippen LogP contribution < -0.4 is 10.4 Å². The maximum atomic E-state index is 13.2. The van der Waals surface area contributed by atoms with Crippen LogP contribution in [0.3, 0.4) is 0 Å². The number of hydrogen-bond acceptors (Lipinski definition) is 1. The summed E-state index contributed by atoms with van der Waals surface area (Å²) >= 11 is 0. The fraction of sp³-hybridized carbons (Fsp3) is 0.458. The highest BCUT2D eigenvalue weighted by Gasteiger charge is 2.42. The zero-order valence-corrected chi connectivity index (χ0v) is 17.7. The number of Topliss-reactive ketones (excluding diaryl/α,β-unsaturated/α-hetero) is 1. The number of rotatable bonds is 11. The van der Waals surface area contributed by atoms with Crippen molar-refractivity contribution in [3.63, 3.8) is 0 Å². The fourth-order valence-corrected chi connectivity index (χ4v) is 8.58. The molecule has 0 N–H and O–H groups in total. The second-order valence-corrected chi connectivity index (χ2v) is 11.8. The lowest BCUT2D eigenvalue weighted by Crippen LogP contribution is -2.60. The van der Waals surface area contributed by atoms with E-state index in [1.54, 1.807) is 0 Å². The Morgan fingerprint density at radius 2 is 1.35 bits per heavy atom. The van der Waals surface area contributed by atoms with Gasteiger partial charge in [-0.05, 0) is 12.8 Å². The maximum absolute atomic E-state index is 13.2. The first kappa shape index (κ1) is 20.6.